The lowest BCUT2D eigenvalue weighted by molar-refractivity contribution is -0.267. The first kappa shape index (κ1) is 8.56. The summed E-state index contributed by atoms with van der Waals surface area (Å²) < 4.78 is 0. The fourth-order valence-corrected chi connectivity index (χ4v) is 1.09. The number of hydrogen-bond donors (Lipinski definition) is 0. The molecule has 0 atom stereocenters. The molecule has 70 valence electrons. The molecule has 3 heteroatoms. The van der Waals surface area contributed by atoms with Crippen LogP contribution in [0.3, 0.4) is 0 Å². The van der Waals surface area contributed by atoms with Gasteiger partial charge in [0.15, 0.2) is 0 Å². The maximum absolute atomic E-state index is 11.2. The van der Waals surface area contributed by atoms with Crippen LogP contribution in [0, 0.1) is 0 Å². The van der Waals surface area contributed by atoms with Crippen LogP contribution in [-0.2, 0) is 0 Å². The van der Waals surface area contributed by atoms with Gasteiger partial charge < -0.3 is 10.1 Å². The van der Waals surface area contributed by atoms with Gasteiger partial charge in [0.1, 0.15) is 0 Å². The van der Waals surface area contributed by atoms with E-state index in [4.69, 9.17) is 0 Å². The van der Waals surface area contributed by atoms with Gasteiger partial charge in [0.2, 0.25) is 0 Å². The molecule has 0 unspecified atom stereocenters. The average Bonchev–Trinajstić information content (AvgIpc) is 2.69. The molecule has 0 amide bonds. The summed E-state index contributed by atoms with van der Waals surface area (Å²) >= 11 is 0. The Morgan fingerprint density at radius 1 is 1.14 bits per heavy atom. The van der Waals surface area contributed by atoms with Gasteiger partial charge in [-0.3, -0.25) is 4.99 Å². The number of para-hydroxylation sites is 2. The Bertz CT molecular complexity index is 432. The molecule has 0 bridgehead atoms. The molecule has 1 heterocycles. The summed E-state index contributed by atoms with van der Waals surface area (Å²) in [6, 6.07) is 10.3. The third kappa shape index (κ3) is 1.82. The van der Waals surface area contributed by atoms with E-state index in [1.54, 1.807) is 30.6 Å². The van der Waals surface area contributed by atoms with Crippen molar-refractivity contribution in [2.24, 2.45) is 4.99 Å². The minimum atomic E-state index is -0.0738. The molecule has 1 aromatic heterocycles. The monoisotopic (exact) mass is 184 g/mol. The lowest BCUT2D eigenvalue weighted by Gasteiger charge is -2.08. The Morgan fingerprint density at radius 3 is 2.71 bits per heavy atom. The van der Waals surface area contributed by atoms with Gasteiger partial charge in [-0.2, -0.15) is 6.20 Å². The largest absolute Gasteiger partial charge is 0.871 e. The van der Waals surface area contributed by atoms with Crippen molar-refractivity contribution in [2.75, 3.05) is 0 Å². The number of rotatable bonds is 2. The quantitative estimate of drug-likeness (QED) is 0.663. The van der Waals surface area contributed by atoms with Gasteiger partial charge in [-0.25, -0.2) is 0 Å². The molecule has 0 spiro atoms. The van der Waals surface area contributed by atoms with E-state index in [9.17, 15) is 5.11 Å². The van der Waals surface area contributed by atoms with E-state index in [0.29, 0.717) is 5.69 Å². The van der Waals surface area contributed by atoms with E-state index in [1.165, 1.54) is 6.07 Å². The highest BCUT2D eigenvalue weighted by Gasteiger charge is 1.85. The van der Waals surface area contributed by atoms with Crippen LogP contribution in [0.25, 0.3) is 0 Å². The fourth-order valence-electron chi connectivity index (χ4n) is 1.09. The molecule has 0 saturated carbocycles. The topological polar surface area (TPSA) is 49.5 Å². The van der Waals surface area contributed by atoms with Crippen molar-refractivity contribution >= 4 is 11.9 Å². The van der Waals surface area contributed by atoms with Crippen molar-refractivity contribution in [3.05, 3.63) is 48.3 Å². The first-order valence-corrected chi connectivity index (χ1v) is 4.24. The highest BCUT2D eigenvalue weighted by Crippen LogP contribution is 2.21. The first-order chi connectivity index (χ1) is 6.86. The van der Waals surface area contributed by atoms with Gasteiger partial charge in [-0.05, 0) is 6.07 Å². The SMILES string of the molecule is [O-]c1ccccc1N=Cc1ccc[n-]1. The fraction of sp³-hybridized carbons (Fsp3) is 0. The Morgan fingerprint density at radius 2 is 2.00 bits per heavy atom. The molecule has 0 fully saturated rings. The Labute approximate surface area is 81.8 Å². The van der Waals surface area contributed by atoms with Crippen LogP contribution in [-0.4, -0.2) is 6.21 Å². The summed E-state index contributed by atoms with van der Waals surface area (Å²) in [5.74, 6) is -0.0738. The molecule has 14 heavy (non-hydrogen) atoms. The summed E-state index contributed by atoms with van der Waals surface area (Å²) in [5, 5.41) is 11.2. The van der Waals surface area contributed by atoms with Crippen LogP contribution in [0.15, 0.2) is 47.6 Å². The smallest absolute Gasteiger partial charge is 0.0550 e. The van der Waals surface area contributed by atoms with Gasteiger partial charge in [0, 0.05) is 6.21 Å². The molecule has 0 aliphatic carbocycles. The van der Waals surface area contributed by atoms with Gasteiger partial charge in [-0.1, -0.05) is 36.1 Å². The van der Waals surface area contributed by atoms with Gasteiger partial charge in [0.05, 0.1) is 5.69 Å². The minimum absolute atomic E-state index is 0.0738. The van der Waals surface area contributed by atoms with E-state index in [1.807, 2.05) is 12.1 Å². The van der Waals surface area contributed by atoms with Crippen molar-refractivity contribution in [1.29, 1.82) is 0 Å². The zero-order valence-electron chi connectivity index (χ0n) is 7.42. The van der Waals surface area contributed by atoms with Crippen molar-refractivity contribution in [3.8, 4) is 5.75 Å². The van der Waals surface area contributed by atoms with Crippen molar-refractivity contribution in [3.63, 3.8) is 0 Å². The molecule has 0 aliphatic rings. The van der Waals surface area contributed by atoms with Crippen LogP contribution in [0.2, 0.25) is 0 Å². The highest BCUT2D eigenvalue weighted by atomic mass is 16.3. The Balaban J connectivity index is 2.23. The van der Waals surface area contributed by atoms with Crippen LogP contribution in [0.1, 0.15) is 5.69 Å². The zero-order valence-corrected chi connectivity index (χ0v) is 7.42. The summed E-state index contributed by atoms with van der Waals surface area (Å²) in [6.07, 6.45) is 3.27. The lowest BCUT2D eigenvalue weighted by Crippen LogP contribution is -1.89. The van der Waals surface area contributed by atoms with E-state index >= 15 is 0 Å². The number of benzene rings is 1. The first-order valence-electron chi connectivity index (χ1n) is 4.24. The minimum Gasteiger partial charge on any atom is -0.871 e. The standard InChI is InChI=1S/C11H9N2O/c14-11-6-2-1-5-10(11)13-8-9-4-3-7-12-9/h1-8H,(H-,12,13,14)/q-1/p-1. The molecular weight excluding hydrogens is 176 g/mol. The zero-order chi connectivity index (χ0) is 9.80. The second-order valence-corrected chi connectivity index (χ2v) is 2.79. The summed E-state index contributed by atoms with van der Waals surface area (Å²) in [5.41, 5.74) is 1.20. The van der Waals surface area contributed by atoms with Gasteiger partial charge in [-0.15, -0.1) is 5.69 Å². The number of aliphatic imine (C=N–C) groups is 1. The van der Waals surface area contributed by atoms with Gasteiger partial charge in [0.25, 0.3) is 0 Å². The van der Waals surface area contributed by atoms with E-state index < -0.39 is 0 Å². The predicted octanol–water partition coefficient (Wildman–Crippen LogP) is 1.47. The molecule has 1 aromatic carbocycles. The summed E-state index contributed by atoms with van der Waals surface area (Å²) in [4.78, 5) is 8.06. The summed E-state index contributed by atoms with van der Waals surface area (Å²) in [6.45, 7) is 0. The normalized spacial score (nSPS) is 10.9. The highest BCUT2D eigenvalue weighted by molar-refractivity contribution is 5.80. The Hall–Kier alpha value is -2.03. The molecule has 0 saturated heterocycles. The number of aromatic nitrogens is 1. The second-order valence-electron chi connectivity index (χ2n) is 2.79. The molecule has 0 radical (unpaired) electrons. The average molecular weight is 184 g/mol. The third-order valence-electron chi connectivity index (χ3n) is 1.78. The van der Waals surface area contributed by atoms with E-state index in [-0.39, 0.29) is 5.75 Å². The van der Waals surface area contributed by atoms with E-state index in [2.05, 4.69) is 9.98 Å². The van der Waals surface area contributed by atoms with Crippen LogP contribution < -0.4 is 10.1 Å². The lowest BCUT2D eigenvalue weighted by atomic mass is 10.3. The molecule has 2 aromatic rings. The van der Waals surface area contributed by atoms with Crippen LogP contribution >= 0.6 is 0 Å². The molecule has 3 nitrogen and oxygen atoms in total. The molecule has 0 aliphatic heterocycles. The molecule has 2 rings (SSSR count). The maximum Gasteiger partial charge on any atom is 0.0550 e. The third-order valence-corrected chi connectivity index (χ3v) is 1.78. The predicted molar refractivity (Wildman–Crippen MR) is 52.9 cm³/mol. The second kappa shape index (κ2) is 3.79. The van der Waals surface area contributed by atoms with Crippen LogP contribution in [0.4, 0.5) is 5.69 Å². The number of nitrogens with zero attached hydrogens (tertiary/aromatic N) is 2. The molecule has 0 N–H and O–H groups in total. The van der Waals surface area contributed by atoms with Crippen molar-refractivity contribution in [2.45, 2.75) is 0 Å². The molecular formula is C11H8N2O-2. The summed E-state index contributed by atoms with van der Waals surface area (Å²) in [7, 11) is 0. The maximum atomic E-state index is 11.2. The van der Waals surface area contributed by atoms with E-state index in [0.717, 1.165) is 5.69 Å². The Kier molecular flexibility index (Phi) is 2.32. The van der Waals surface area contributed by atoms with Crippen molar-refractivity contribution in [1.82, 2.24) is 4.98 Å². The van der Waals surface area contributed by atoms with Crippen LogP contribution in [0.5, 0.6) is 5.75 Å². The number of hydrogen-bond acceptors (Lipinski definition) is 2. The van der Waals surface area contributed by atoms with Gasteiger partial charge >= 0.3 is 0 Å². The van der Waals surface area contributed by atoms with Crippen molar-refractivity contribution < 1.29 is 5.11 Å².